The third-order valence-corrected chi connectivity index (χ3v) is 4.02. The second-order valence-electron chi connectivity index (χ2n) is 4.69. The van der Waals surface area contributed by atoms with Crippen molar-refractivity contribution in [2.45, 2.75) is 40.7 Å². The lowest BCUT2D eigenvalue weighted by Gasteiger charge is -2.19. The van der Waals surface area contributed by atoms with Gasteiger partial charge < -0.3 is 9.73 Å². The normalized spacial score (nSPS) is 12.9. The number of halogens is 1. The summed E-state index contributed by atoms with van der Waals surface area (Å²) in [7, 11) is 0. The molecule has 1 aromatic rings. The Balaban J connectivity index is 2.90. The Hall–Kier alpha value is -0.520. The van der Waals surface area contributed by atoms with E-state index in [4.69, 9.17) is 4.42 Å². The van der Waals surface area contributed by atoms with Crippen molar-refractivity contribution < 1.29 is 9.21 Å². The van der Waals surface area contributed by atoms with E-state index in [9.17, 15) is 4.79 Å². The summed E-state index contributed by atoms with van der Waals surface area (Å²) >= 11 is 2.30. The Labute approximate surface area is 116 Å². The molecule has 17 heavy (non-hydrogen) atoms. The zero-order chi connectivity index (χ0) is 13.2. The van der Waals surface area contributed by atoms with Crippen LogP contribution in [0.25, 0.3) is 0 Å². The van der Waals surface area contributed by atoms with Gasteiger partial charge in [0.05, 0.1) is 5.56 Å². The van der Waals surface area contributed by atoms with Gasteiger partial charge in [-0.3, -0.25) is 4.79 Å². The minimum absolute atomic E-state index is 0.0211. The van der Waals surface area contributed by atoms with E-state index in [0.29, 0.717) is 17.2 Å². The number of carbonyl (C=O) groups excluding carboxylic acids is 1. The third kappa shape index (κ3) is 3.24. The average Bonchev–Trinajstić information content (AvgIpc) is 2.49. The highest BCUT2D eigenvalue weighted by atomic mass is 127. The van der Waals surface area contributed by atoms with E-state index in [1.165, 1.54) is 0 Å². The lowest BCUT2D eigenvalue weighted by molar-refractivity contribution is 0.0930. The molecule has 1 rings (SSSR count). The van der Waals surface area contributed by atoms with Gasteiger partial charge in [0.1, 0.15) is 11.5 Å². The Morgan fingerprint density at radius 3 is 2.24 bits per heavy atom. The molecule has 1 unspecified atom stereocenters. The minimum atomic E-state index is -0.0211. The van der Waals surface area contributed by atoms with E-state index in [1.807, 2.05) is 20.8 Å². The standard InChI is InChI=1S/C13H20INO2/c1-7(2)11(6-14)15-13(16)12-8(3)9(4)17-10(12)5/h7,11H,6H2,1-5H3,(H,15,16). The number of hydrogen-bond acceptors (Lipinski definition) is 2. The van der Waals surface area contributed by atoms with Gasteiger partial charge in [-0.1, -0.05) is 36.4 Å². The van der Waals surface area contributed by atoms with Crippen molar-refractivity contribution in [1.29, 1.82) is 0 Å². The molecule has 0 bridgehead atoms. The molecule has 96 valence electrons. The lowest BCUT2D eigenvalue weighted by Crippen LogP contribution is -2.40. The maximum Gasteiger partial charge on any atom is 0.255 e. The van der Waals surface area contributed by atoms with Gasteiger partial charge in [0, 0.05) is 16.0 Å². The molecule has 0 saturated carbocycles. The number of nitrogens with one attached hydrogen (secondary N) is 1. The van der Waals surface area contributed by atoms with Gasteiger partial charge in [0.25, 0.3) is 5.91 Å². The van der Waals surface area contributed by atoms with E-state index in [-0.39, 0.29) is 11.9 Å². The molecule has 1 aromatic heterocycles. The van der Waals surface area contributed by atoms with Crippen molar-refractivity contribution in [3.63, 3.8) is 0 Å². The van der Waals surface area contributed by atoms with E-state index in [0.717, 1.165) is 15.8 Å². The summed E-state index contributed by atoms with van der Waals surface area (Å²) in [5, 5.41) is 3.07. The first-order valence-electron chi connectivity index (χ1n) is 5.81. The van der Waals surface area contributed by atoms with Crippen LogP contribution in [0.4, 0.5) is 0 Å². The fourth-order valence-corrected chi connectivity index (χ4v) is 2.99. The predicted octanol–water partition coefficient (Wildman–Crippen LogP) is 3.39. The van der Waals surface area contributed by atoms with Crippen LogP contribution in [0, 0.1) is 26.7 Å². The van der Waals surface area contributed by atoms with Gasteiger partial charge in [-0.25, -0.2) is 0 Å². The Morgan fingerprint density at radius 1 is 1.29 bits per heavy atom. The molecule has 0 aliphatic carbocycles. The molecule has 1 heterocycles. The van der Waals surface area contributed by atoms with Gasteiger partial charge in [-0.15, -0.1) is 0 Å². The summed E-state index contributed by atoms with van der Waals surface area (Å²) in [5.74, 6) is 1.94. The number of furan rings is 1. The van der Waals surface area contributed by atoms with Crippen LogP contribution in [0.3, 0.4) is 0 Å². The highest BCUT2D eigenvalue weighted by molar-refractivity contribution is 14.1. The van der Waals surface area contributed by atoms with Crippen molar-refractivity contribution in [2.75, 3.05) is 4.43 Å². The smallest absolute Gasteiger partial charge is 0.255 e. The van der Waals surface area contributed by atoms with Gasteiger partial charge >= 0.3 is 0 Å². The number of amides is 1. The van der Waals surface area contributed by atoms with Crippen LogP contribution in [0.1, 0.15) is 41.3 Å². The zero-order valence-corrected chi connectivity index (χ0v) is 13.2. The van der Waals surface area contributed by atoms with Crippen molar-refractivity contribution in [2.24, 2.45) is 5.92 Å². The summed E-state index contributed by atoms with van der Waals surface area (Å²) in [4.78, 5) is 12.2. The van der Waals surface area contributed by atoms with Crippen molar-refractivity contribution >= 4 is 28.5 Å². The molecule has 0 spiro atoms. The molecule has 1 atom stereocenters. The number of carbonyl (C=O) groups is 1. The number of alkyl halides is 1. The molecule has 0 aliphatic heterocycles. The maximum absolute atomic E-state index is 12.2. The second kappa shape index (κ2) is 5.89. The zero-order valence-electron chi connectivity index (χ0n) is 11.1. The summed E-state index contributed by atoms with van der Waals surface area (Å²) in [6.07, 6.45) is 0. The summed E-state index contributed by atoms with van der Waals surface area (Å²) in [5.41, 5.74) is 1.63. The lowest BCUT2D eigenvalue weighted by atomic mass is 10.0. The van der Waals surface area contributed by atoms with Gasteiger partial charge in [-0.2, -0.15) is 0 Å². The summed E-state index contributed by atoms with van der Waals surface area (Å²) in [6.45, 7) is 9.88. The largest absolute Gasteiger partial charge is 0.466 e. The molecule has 3 nitrogen and oxygen atoms in total. The highest BCUT2D eigenvalue weighted by Gasteiger charge is 2.22. The second-order valence-corrected chi connectivity index (χ2v) is 5.57. The molecule has 0 saturated heterocycles. The van der Waals surface area contributed by atoms with Crippen LogP contribution in [-0.2, 0) is 0 Å². The monoisotopic (exact) mass is 349 g/mol. The number of hydrogen-bond donors (Lipinski definition) is 1. The van der Waals surface area contributed by atoms with Gasteiger partial charge in [0.15, 0.2) is 0 Å². The fourth-order valence-electron chi connectivity index (χ4n) is 1.75. The first kappa shape index (κ1) is 14.5. The summed E-state index contributed by atoms with van der Waals surface area (Å²) in [6, 6.07) is 0.206. The molecular weight excluding hydrogens is 329 g/mol. The van der Waals surface area contributed by atoms with Crippen LogP contribution in [0.15, 0.2) is 4.42 Å². The van der Waals surface area contributed by atoms with Gasteiger partial charge in [0.2, 0.25) is 0 Å². The summed E-state index contributed by atoms with van der Waals surface area (Å²) < 4.78 is 6.39. The minimum Gasteiger partial charge on any atom is -0.466 e. The Kier molecular flexibility index (Phi) is 5.04. The maximum atomic E-state index is 12.2. The molecule has 1 N–H and O–H groups in total. The number of rotatable bonds is 4. The van der Waals surface area contributed by atoms with Crippen LogP contribution in [0.5, 0.6) is 0 Å². The average molecular weight is 349 g/mol. The van der Waals surface area contributed by atoms with E-state index >= 15 is 0 Å². The Bertz CT molecular complexity index is 410. The van der Waals surface area contributed by atoms with Crippen LogP contribution in [-0.4, -0.2) is 16.4 Å². The quantitative estimate of drug-likeness (QED) is 0.669. The third-order valence-electron chi connectivity index (χ3n) is 3.08. The molecule has 0 radical (unpaired) electrons. The highest BCUT2D eigenvalue weighted by Crippen LogP contribution is 2.21. The van der Waals surface area contributed by atoms with Crippen molar-refractivity contribution in [3.05, 3.63) is 22.6 Å². The molecule has 0 aromatic carbocycles. The van der Waals surface area contributed by atoms with Crippen LogP contribution < -0.4 is 5.32 Å². The van der Waals surface area contributed by atoms with Gasteiger partial charge in [-0.05, 0) is 26.7 Å². The first-order valence-corrected chi connectivity index (χ1v) is 7.34. The van der Waals surface area contributed by atoms with Crippen molar-refractivity contribution in [1.82, 2.24) is 5.32 Å². The molecule has 0 fully saturated rings. The molecule has 0 aliphatic rings. The van der Waals surface area contributed by atoms with Crippen molar-refractivity contribution in [3.8, 4) is 0 Å². The van der Waals surface area contributed by atoms with Crippen LogP contribution in [0.2, 0.25) is 0 Å². The predicted molar refractivity (Wildman–Crippen MR) is 77.9 cm³/mol. The van der Waals surface area contributed by atoms with E-state index in [2.05, 4.69) is 41.8 Å². The SMILES string of the molecule is Cc1oc(C)c(C(=O)NC(CI)C(C)C)c1C. The fraction of sp³-hybridized carbons (Fsp3) is 0.615. The first-order chi connectivity index (χ1) is 7.88. The molecule has 1 amide bonds. The van der Waals surface area contributed by atoms with E-state index in [1.54, 1.807) is 0 Å². The van der Waals surface area contributed by atoms with Crippen LogP contribution >= 0.6 is 22.6 Å². The molecule has 4 heteroatoms. The molecular formula is C13H20INO2. The Morgan fingerprint density at radius 2 is 1.88 bits per heavy atom. The van der Waals surface area contributed by atoms with E-state index < -0.39 is 0 Å². The number of aryl methyl sites for hydroxylation is 2. The topological polar surface area (TPSA) is 42.2 Å².